The molecule has 4 rings (SSSR count). The van der Waals surface area contributed by atoms with Crippen LogP contribution in [-0.4, -0.2) is 43.3 Å². The van der Waals surface area contributed by atoms with E-state index in [0.717, 1.165) is 41.4 Å². The molecule has 168 valence electrons. The zero-order chi connectivity index (χ0) is 22.9. The number of rotatable bonds is 8. The van der Waals surface area contributed by atoms with Crippen molar-refractivity contribution in [2.45, 2.75) is 71.1 Å². The van der Waals surface area contributed by atoms with Gasteiger partial charge in [-0.2, -0.15) is 0 Å². The van der Waals surface area contributed by atoms with Gasteiger partial charge in [0, 0.05) is 11.6 Å². The normalized spacial score (nSPS) is 14.9. The monoisotopic (exact) mass is 433 g/mol. The minimum absolute atomic E-state index is 0.0455. The zero-order valence-corrected chi connectivity index (χ0v) is 19.2. The molecule has 7 nitrogen and oxygen atoms in total. The van der Waals surface area contributed by atoms with E-state index in [4.69, 9.17) is 0 Å². The third kappa shape index (κ3) is 4.52. The maximum atomic E-state index is 13.7. The van der Waals surface area contributed by atoms with E-state index >= 15 is 0 Å². The fourth-order valence-corrected chi connectivity index (χ4v) is 3.96. The number of benzene rings is 2. The first-order valence-electron chi connectivity index (χ1n) is 11.3. The van der Waals surface area contributed by atoms with Crippen molar-refractivity contribution in [3.8, 4) is 0 Å². The molecule has 2 amide bonds. The van der Waals surface area contributed by atoms with Gasteiger partial charge in [0.2, 0.25) is 11.8 Å². The van der Waals surface area contributed by atoms with Crippen LogP contribution in [-0.2, 0) is 16.1 Å². The minimum atomic E-state index is -0.684. The van der Waals surface area contributed by atoms with Gasteiger partial charge in [0.1, 0.15) is 18.1 Å². The van der Waals surface area contributed by atoms with Crippen LogP contribution in [0.4, 0.5) is 0 Å². The van der Waals surface area contributed by atoms with Gasteiger partial charge < -0.3 is 10.2 Å². The fraction of sp³-hybridized carbons (Fsp3) is 0.440. The maximum absolute atomic E-state index is 13.7. The third-order valence-corrected chi connectivity index (χ3v) is 6.29. The van der Waals surface area contributed by atoms with E-state index in [1.54, 1.807) is 9.58 Å². The van der Waals surface area contributed by atoms with E-state index in [1.165, 1.54) is 0 Å². The van der Waals surface area contributed by atoms with E-state index < -0.39 is 6.04 Å². The zero-order valence-electron chi connectivity index (χ0n) is 19.2. The molecule has 0 saturated heterocycles. The highest BCUT2D eigenvalue weighted by Crippen LogP contribution is 2.36. The Morgan fingerprint density at radius 3 is 2.53 bits per heavy atom. The highest BCUT2D eigenvalue weighted by molar-refractivity contribution is 5.90. The molecular formula is C25H31N5O2. The SMILES string of the molecule is CCC(C)(C)NC(=O)C(c1ccccc1C)N(C(=O)Cn1nnc2ccccc21)C1CC1. The lowest BCUT2D eigenvalue weighted by molar-refractivity contribution is -0.143. The van der Waals surface area contributed by atoms with Crippen LogP contribution in [0.1, 0.15) is 57.2 Å². The highest BCUT2D eigenvalue weighted by atomic mass is 16.2. The Hall–Kier alpha value is -3.22. The molecule has 0 bridgehead atoms. The predicted molar refractivity (Wildman–Crippen MR) is 124 cm³/mol. The number of fused-ring (bicyclic) bond motifs is 1. The van der Waals surface area contributed by atoms with Crippen LogP contribution in [0.2, 0.25) is 0 Å². The molecule has 7 heteroatoms. The molecular weight excluding hydrogens is 402 g/mol. The van der Waals surface area contributed by atoms with Gasteiger partial charge in [0.05, 0.1) is 5.52 Å². The summed E-state index contributed by atoms with van der Waals surface area (Å²) in [6.45, 7) is 8.09. The molecule has 1 N–H and O–H groups in total. The molecule has 1 aromatic heterocycles. The topological polar surface area (TPSA) is 80.1 Å². The van der Waals surface area contributed by atoms with Gasteiger partial charge in [-0.05, 0) is 63.3 Å². The second kappa shape index (κ2) is 8.73. The molecule has 3 aromatic rings. The van der Waals surface area contributed by atoms with Crippen molar-refractivity contribution < 1.29 is 9.59 Å². The van der Waals surface area contributed by atoms with E-state index in [-0.39, 0.29) is 29.9 Å². The molecule has 1 atom stereocenters. The number of hydrogen-bond acceptors (Lipinski definition) is 4. The third-order valence-electron chi connectivity index (χ3n) is 6.29. The number of aryl methyl sites for hydroxylation is 1. The van der Waals surface area contributed by atoms with Crippen LogP contribution in [0.25, 0.3) is 11.0 Å². The van der Waals surface area contributed by atoms with Gasteiger partial charge in [0.15, 0.2) is 0 Å². The largest absolute Gasteiger partial charge is 0.349 e. The van der Waals surface area contributed by atoms with Gasteiger partial charge in [0.25, 0.3) is 0 Å². The molecule has 0 radical (unpaired) electrons. The number of carbonyl (C=O) groups is 2. The van der Waals surface area contributed by atoms with Crippen molar-refractivity contribution in [2.24, 2.45) is 0 Å². The first-order chi connectivity index (χ1) is 15.3. The number of aromatic nitrogens is 3. The number of amides is 2. The Morgan fingerprint density at radius 2 is 1.84 bits per heavy atom. The smallest absolute Gasteiger partial charge is 0.247 e. The summed E-state index contributed by atoms with van der Waals surface area (Å²) in [5.41, 5.74) is 3.04. The maximum Gasteiger partial charge on any atom is 0.247 e. The van der Waals surface area contributed by atoms with Crippen LogP contribution in [0.15, 0.2) is 48.5 Å². The molecule has 0 spiro atoms. The predicted octanol–water partition coefficient (Wildman–Crippen LogP) is 3.78. The first kappa shape index (κ1) is 22.0. The molecule has 1 saturated carbocycles. The molecule has 32 heavy (non-hydrogen) atoms. The molecule has 1 fully saturated rings. The second-order valence-corrected chi connectivity index (χ2v) is 9.25. The van der Waals surface area contributed by atoms with Crippen LogP contribution in [0.5, 0.6) is 0 Å². The fourth-order valence-electron chi connectivity index (χ4n) is 3.96. The number of nitrogens with zero attached hydrogens (tertiary/aromatic N) is 4. The number of para-hydroxylation sites is 1. The lowest BCUT2D eigenvalue weighted by Gasteiger charge is -2.35. The quantitative estimate of drug-likeness (QED) is 0.586. The molecule has 1 heterocycles. The van der Waals surface area contributed by atoms with Crippen molar-refractivity contribution in [1.82, 2.24) is 25.2 Å². The summed E-state index contributed by atoms with van der Waals surface area (Å²) in [5.74, 6) is -0.268. The lowest BCUT2D eigenvalue weighted by atomic mass is 9.96. The Morgan fingerprint density at radius 1 is 1.16 bits per heavy atom. The summed E-state index contributed by atoms with van der Waals surface area (Å²) in [7, 11) is 0. The summed E-state index contributed by atoms with van der Waals surface area (Å²) in [4.78, 5) is 29.1. The number of nitrogens with one attached hydrogen (secondary N) is 1. The molecule has 2 aromatic carbocycles. The van der Waals surface area contributed by atoms with E-state index in [9.17, 15) is 9.59 Å². The Kier molecular flexibility index (Phi) is 6.00. The van der Waals surface area contributed by atoms with Crippen molar-refractivity contribution in [2.75, 3.05) is 0 Å². The molecule has 0 aliphatic heterocycles. The first-order valence-corrected chi connectivity index (χ1v) is 11.3. The standard InChI is InChI=1S/C25H31N5O2/c1-5-25(3,4)26-24(32)23(19-11-7-6-10-17(19)2)30(18-14-15-18)22(31)16-29-21-13-9-8-12-20(21)27-28-29/h6-13,18,23H,5,14-16H2,1-4H3,(H,26,32). The van der Waals surface area contributed by atoms with E-state index in [1.807, 2.05) is 76.2 Å². The average Bonchev–Trinajstić information content (AvgIpc) is 3.53. The van der Waals surface area contributed by atoms with Gasteiger partial charge >= 0.3 is 0 Å². The van der Waals surface area contributed by atoms with Crippen molar-refractivity contribution in [3.63, 3.8) is 0 Å². The minimum Gasteiger partial charge on any atom is -0.349 e. The Balaban J connectivity index is 1.70. The van der Waals surface area contributed by atoms with Crippen LogP contribution < -0.4 is 5.32 Å². The second-order valence-electron chi connectivity index (χ2n) is 9.25. The Labute approximate surface area is 188 Å². The summed E-state index contributed by atoms with van der Waals surface area (Å²) in [5, 5.41) is 11.5. The highest BCUT2D eigenvalue weighted by Gasteiger charge is 2.42. The average molecular weight is 434 g/mol. The van der Waals surface area contributed by atoms with Gasteiger partial charge in [-0.25, -0.2) is 4.68 Å². The number of hydrogen-bond donors (Lipinski definition) is 1. The van der Waals surface area contributed by atoms with Crippen LogP contribution in [0.3, 0.4) is 0 Å². The summed E-state index contributed by atoms with van der Waals surface area (Å²) in [6.07, 6.45) is 2.59. The van der Waals surface area contributed by atoms with E-state index in [0.29, 0.717) is 0 Å². The Bertz CT molecular complexity index is 1130. The summed E-state index contributed by atoms with van der Waals surface area (Å²) < 4.78 is 1.62. The van der Waals surface area contributed by atoms with Crippen molar-refractivity contribution in [1.29, 1.82) is 0 Å². The van der Waals surface area contributed by atoms with E-state index in [2.05, 4.69) is 15.6 Å². The molecule has 1 unspecified atom stereocenters. The van der Waals surface area contributed by atoms with Gasteiger partial charge in [-0.1, -0.05) is 48.5 Å². The summed E-state index contributed by atoms with van der Waals surface area (Å²) in [6, 6.07) is 14.8. The van der Waals surface area contributed by atoms with Gasteiger partial charge in [-0.3, -0.25) is 9.59 Å². The van der Waals surface area contributed by atoms with Crippen molar-refractivity contribution >= 4 is 22.8 Å². The lowest BCUT2D eigenvalue weighted by Crippen LogP contribution is -2.51. The van der Waals surface area contributed by atoms with Crippen LogP contribution >= 0.6 is 0 Å². The van der Waals surface area contributed by atoms with Gasteiger partial charge in [-0.15, -0.1) is 5.10 Å². The molecule has 1 aliphatic carbocycles. The van der Waals surface area contributed by atoms with Crippen molar-refractivity contribution in [3.05, 3.63) is 59.7 Å². The summed E-state index contributed by atoms with van der Waals surface area (Å²) >= 11 is 0. The number of carbonyl (C=O) groups excluding carboxylic acids is 2. The molecule has 1 aliphatic rings. The van der Waals surface area contributed by atoms with Crippen LogP contribution in [0, 0.1) is 6.92 Å².